The lowest BCUT2D eigenvalue weighted by Crippen LogP contribution is -2.35. The second-order valence-corrected chi connectivity index (χ2v) is 5.53. The molecule has 0 fully saturated rings. The molecule has 1 aromatic heterocycles. The highest BCUT2D eigenvalue weighted by atomic mass is 35.5. The molecule has 0 unspecified atom stereocenters. The van der Waals surface area contributed by atoms with Crippen molar-refractivity contribution in [1.29, 1.82) is 0 Å². The number of benzene rings is 1. The van der Waals surface area contributed by atoms with Crippen LogP contribution in [-0.4, -0.2) is 34.7 Å². The predicted molar refractivity (Wildman–Crippen MR) is 80.2 cm³/mol. The fraction of sp³-hybridized carbons (Fsp3) is 0.333. The summed E-state index contributed by atoms with van der Waals surface area (Å²) >= 11 is 6.00. The van der Waals surface area contributed by atoms with E-state index in [9.17, 15) is 9.59 Å². The molecule has 0 aliphatic carbocycles. The van der Waals surface area contributed by atoms with Crippen molar-refractivity contribution in [2.24, 2.45) is 0 Å². The maximum Gasteiger partial charge on any atom is 0.242 e. The van der Waals surface area contributed by atoms with E-state index in [-0.39, 0.29) is 18.5 Å². The molecule has 106 valence electrons. The minimum atomic E-state index is -0.00526. The molecule has 20 heavy (non-hydrogen) atoms. The Hall–Kier alpha value is -1.81. The molecule has 4 nitrogen and oxygen atoms in total. The second-order valence-electron chi connectivity index (χ2n) is 5.09. The van der Waals surface area contributed by atoms with Gasteiger partial charge in [-0.2, -0.15) is 0 Å². The summed E-state index contributed by atoms with van der Waals surface area (Å²) in [5, 5.41) is 1.39. The molecular formula is C15H17ClN2O2. The van der Waals surface area contributed by atoms with Crippen molar-refractivity contribution >= 4 is 34.7 Å². The van der Waals surface area contributed by atoms with Gasteiger partial charge in [0.15, 0.2) is 6.29 Å². The van der Waals surface area contributed by atoms with E-state index in [1.807, 2.05) is 13.8 Å². The molecule has 1 heterocycles. The van der Waals surface area contributed by atoms with Crippen molar-refractivity contribution in [3.63, 3.8) is 0 Å². The van der Waals surface area contributed by atoms with Crippen molar-refractivity contribution in [2.75, 3.05) is 7.05 Å². The highest BCUT2D eigenvalue weighted by molar-refractivity contribution is 6.31. The van der Waals surface area contributed by atoms with Crippen LogP contribution in [0, 0.1) is 0 Å². The molecule has 0 radical (unpaired) electrons. The van der Waals surface area contributed by atoms with Crippen molar-refractivity contribution in [1.82, 2.24) is 9.47 Å². The fourth-order valence-electron chi connectivity index (χ4n) is 2.06. The van der Waals surface area contributed by atoms with Gasteiger partial charge in [-0.1, -0.05) is 17.7 Å². The normalized spacial score (nSPS) is 11.1. The summed E-state index contributed by atoms with van der Waals surface area (Å²) in [5.74, 6) is -0.00526. The van der Waals surface area contributed by atoms with Crippen LogP contribution in [0.5, 0.6) is 0 Å². The average molecular weight is 293 g/mol. The van der Waals surface area contributed by atoms with E-state index in [2.05, 4.69) is 0 Å². The Balaban J connectivity index is 2.42. The third kappa shape index (κ3) is 2.70. The lowest BCUT2D eigenvalue weighted by Gasteiger charge is -2.21. The molecule has 5 heteroatoms. The van der Waals surface area contributed by atoms with Gasteiger partial charge in [0, 0.05) is 35.3 Å². The highest BCUT2D eigenvalue weighted by Crippen LogP contribution is 2.24. The number of carbonyl (C=O) groups is 2. The Kier molecular flexibility index (Phi) is 4.14. The summed E-state index contributed by atoms with van der Waals surface area (Å²) in [6.45, 7) is 4.11. The van der Waals surface area contributed by atoms with Crippen LogP contribution in [0.1, 0.15) is 24.2 Å². The lowest BCUT2D eigenvalue weighted by molar-refractivity contribution is -0.131. The first-order valence-electron chi connectivity index (χ1n) is 6.43. The zero-order valence-electron chi connectivity index (χ0n) is 11.8. The van der Waals surface area contributed by atoms with E-state index >= 15 is 0 Å². The van der Waals surface area contributed by atoms with Crippen LogP contribution in [0.2, 0.25) is 5.02 Å². The molecule has 0 aliphatic rings. The van der Waals surface area contributed by atoms with E-state index < -0.39 is 0 Å². The first kappa shape index (κ1) is 14.6. The Morgan fingerprint density at radius 2 is 2.15 bits per heavy atom. The molecular weight excluding hydrogens is 276 g/mol. The van der Waals surface area contributed by atoms with Crippen LogP contribution in [0.15, 0.2) is 24.4 Å². The molecule has 2 rings (SSSR count). The van der Waals surface area contributed by atoms with Gasteiger partial charge < -0.3 is 9.47 Å². The number of aldehydes is 1. The smallest absolute Gasteiger partial charge is 0.242 e. The number of hydrogen-bond donors (Lipinski definition) is 0. The van der Waals surface area contributed by atoms with Crippen LogP contribution >= 0.6 is 11.6 Å². The van der Waals surface area contributed by atoms with E-state index in [4.69, 9.17) is 11.6 Å². The van der Waals surface area contributed by atoms with Crippen LogP contribution < -0.4 is 0 Å². The summed E-state index contributed by atoms with van der Waals surface area (Å²) in [7, 11) is 1.77. The number of nitrogens with zero attached hydrogens (tertiary/aromatic N) is 2. The van der Waals surface area contributed by atoms with Gasteiger partial charge in [0.1, 0.15) is 6.54 Å². The van der Waals surface area contributed by atoms with Crippen molar-refractivity contribution in [2.45, 2.75) is 26.4 Å². The second kappa shape index (κ2) is 5.67. The number of fused-ring (bicyclic) bond motifs is 1. The Morgan fingerprint density at radius 1 is 1.45 bits per heavy atom. The Labute approximate surface area is 122 Å². The zero-order valence-corrected chi connectivity index (χ0v) is 12.5. The summed E-state index contributed by atoms with van der Waals surface area (Å²) in [5.41, 5.74) is 1.36. The molecule has 0 N–H and O–H groups in total. The molecule has 1 amide bonds. The molecule has 0 saturated carbocycles. The Morgan fingerprint density at radius 3 is 2.75 bits per heavy atom. The predicted octanol–water partition coefficient (Wildman–Crippen LogP) is 2.97. The maximum absolute atomic E-state index is 12.2. The summed E-state index contributed by atoms with van der Waals surface area (Å²) in [4.78, 5) is 24.9. The van der Waals surface area contributed by atoms with E-state index in [1.54, 1.807) is 40.9 Å². The first-order valence-corrected chi connectivity index (χ1v) is 6.81. The summed E-state index contributed by atoms with van der Waals surface area (Å²) in [6, 6.07) is 5.45. The van der Waals surface area contributed by atoms with Crippen molar-refractivity contribution < 1.29 is 9.59 Å². The average Bonchev–Trinajstić information content (AvgIpc) is 2.75. The number of aromatic nitrogens is 1. The van der Waals surface area contributed by atoms with Crippen LogP contribution in [-0.2, 0) is 11.3 Å². The number of hydrogen-bond acceptors (Lipinski definition) is 2. The van der Waals surface area contributed by atoms with Gasteiger partial charge in [-0.05, 0) is 26.0 Å². The topological polar surface area (TPSA) is 42.3 Å². The van der Waals surface area contributed by atoms with Crippen molar-refractivity contribution in [3.8, 4) is 0 Å². The molecule has 1 aromatic carbocycles. The minimum absolute atomic E-state index is 0.00526. The lowest BCUT2D eigenvalue weighted by atomic mass is 10.2. The van der Waals surface area contributed by atoms with Crippen LogP contribution in [0.4, 0.5) is 0 Å². The molecule has 0 saturated heterocycles. The molecule has 0 bridgehead atoms. The minimum Gasteiger partial charge on any atom is -0.342 e. The Bertz CT molecular complexity index is 661. The van der Waals surface area contributed by atoms with Crippen molar-refractivity contribution in [3.05, 3.63) is 35.0 Å². The van der Waals surface area contributed by atoms with Crippen LogP contribution in [0.3, 0.4) is 0 Å². The van der Waals surface area contributed by atoms with E-state index in [0.717, 1.165) is 17.2 Å². The first-order chi connectivity index (χ1) is 9.43. The summed E-state index contributed by atoms with van der Waals surface area (Å²) < 4.78 is 1.77. The molecule has 0 aliphatic heterocycles. The third-order valence-electron chi connectivity index (χ3n) is 3.48. The zero-order chi connectivity index (χ0) is 14.9. The number of carbonyl (C=O) groups excluding carboxylic acids is 2. The standard InChI is InChI=1S/C15H17ClN2O2/c1-10(2)17(3)15(20)8-18-7-11(9-19)13-5-4-12(16)6-14(13)18/h4-7,9-10H,8H2,1-3H3. The maximum atomic E-state index is 12.2. The van der Waals surface area contributed by atoms with Gasteiger partial charge >= 0.3 is 0 Å². The van der Waals surface area contributed by atoms with E-state index in [1.165, 1.54) is 0 Å². The van der Waals surface area contributed by atoms with Gasteiger partial charge in [0.2, 0.25) is 5.91 Å². The van der Waals surface area contributed by atoms with Gasteiger partial charge in [0.25, 0.3) is 0 Å². The fourth-order valence-corrected chi connectivity index (χ4v) is 2.23. The monoisotopic (exact) mass is 292 g/mol. The van der Waals surface area contributed by atoms with Crippen LogP contribution in [0.25, 0.3) is 10.9 Å². The molecule has 2 aromatic rings. The van der Waals surface area contributed by atoms with E-state index in [0.29, 0.717) is 10.6 Å². The number of halogens is 1. The quantitative estimate of drug-likeness (QED) is 0.813. The SMILES string of the molecule is CC(C)N(C)C(=O)Cn1cc(C=O)c2ccc(Cl)cc21. The number of amides is 1. The van der Waals surface area contributed by atoms with Gasteiger partial charge in [-0.3, -0.25) is 9.59 Å². The van der Waals surface area contributed by atoms with Gasteiger partial charge in [0.05, 0.1) is 5.52 Å². The third-order valence-corrected chi connectivity index (χ3v) is 3.71. The number of likely N-dealkylation sites (N-methyl/N-ethyl adjacent to an activating group) is 1. The van der Waals surface area contributed by atoms with Gasteiger partial charge in [-0.15, -0.1) is 0 Å². The van der Waals surface area contributed by atoms with Gasteiger partial charge in [-0.25, -0.2) is 0 Å². The highest BCUT2D eigenvalue weighted by Gasteiger charge is 2.15. The molecule has 0 spiro atoms. The molecule has 0 atom stereocenters. The number of rotatable bonds is 4. The summed E-state index contributed by atoms with van der Waals surface area (Å²) in [6.07, 6.45) is 2.49. The largest absolute Gasteiger partial charge is 0.342 e.